The summed E-state index contributed by atoms with van der Waals surface area (Å²) in [5.74, 6) is 2.00. The Bertz CT molecular complexity index is 700. The quantitative estimate of drug-likeness (QED) is 0.838. The van der Waals surface area contributed by atoms with Gasteiger partial charge in [0.1, 0.15) is 18.2 Å². The van der Waals surface area contributed by atoms with Gasteiger partial charge in [-0.2, -0.15) is 0 Å². The zero-order valence-electron chi connectivity index (χ0n) is 14.1. The summed E-state index contributed by atoms with van der Waals surface area (Å²) in [5.41, 5.74) is 2.74. The van der Waals surface area contributed by atoms with E-state index in [0.29, 0.717) is 0 Å². The molecule has 3 heterocycles. The van der Waals surface area contributed by atoms with Gasteiger partial charge in [-0.25, -0.2) is 0 Å². The molecule has 6 heteroatoms. The van der Waals surface area contributed by atoms with Gasteiger partial charge in [0.05, 0.1) is 13.2 Å². The highest BCUT2D eigenvalue weighted by molar-refractivity contribution is 5.39. The van der Waals surface area contributed by atoms with Crippen LogP contribution in [0.1, 0.15) is 30.0 Å². The Morgan fingerprint density at radius 1 is 1.29 bits per heavy atom. The molecule has 2 aliphatic heterocycles. The second-order valence-electron chi connectivity index (χ2n) is 6.43. The molecule has 0 bridgehead atoms. The van der Waals surface area contributed by atoms with E-state index in [1.807, 2.05) is 0 Å². The van der Waals surface area contributed by atoms with E-state index in [0.717, 1.165) is 63.8 Å². The van der Waals surface area contributed by atoms with E-state index in [2.05, 4.69) is 44.8 Å². The highest BCUT2D eigenvalue weighted by atomic mass is 16.5. The largest absolute Gasteiger partial charge is 0.493 e. The Morgan fingerprint density at radius 2 is 2.25 bits per heavy atom. The summed E-state index contributed by atoms with van der Waals surface area (Å²) in [7, 11) is 0. The van der Waals surface area contributed by atoms with Crippen LogP contribution in [-0.2, 0) is 24.1 Å². The van der Waals surface area contributed by atoms with Gasteiger partial charge < -0.3 is 14.0 Å². The summed E-state index contributed by atoms with van der Waals surface area (Å²) in [6.07, 6.45) is 3.90. The summed E-state index contributed by atoms with van der Waals surface area (Å²) in [4.78, 5) is 2.46. The third-order valence-corrected chi connectivity index (χ3v) is 4.90. The van der Waals surface area contributed by atoms with Gasteiger partial charge >= 0.3 is 0 Å². The number of aryl methyl sites for hydroxylation is 1. The average Bonchev–Trinajstić information content (AvgIpc) is 3.28. The third-order valence-electron chi connectivity index (χ3n) is 4.90. The van der Waals surface area contributed by atoms with Gasteiger partial charge in [0.2, 0.25) is 0 Å². The van der Waals surface area contributed by atoms with Crippen molar-refractivity contribution in [2.45, 2.75) is 32.4 Å². The minimum atomic E-state index is 0.0228. The fourth-order valence-electron chi connectivity index (χ4n) is 3.50. The number of nitrogens with zero attached hydrogens (tertiary/aromatic N) is 4. The van der Waals surface area contributed by atoms with Crippen LogP contribution in [0.5, 0.6) is 5.75 Å². The number of hydrogen-bond donors (Lipinski definition) is 0. The topological polar surface area (TPSA) is 52.4 Å². The normalized spacial score (nSPS) is 20.8. The van der Waals surface area contributed by atoms with Crippen LogP contribution in [0.4, 0.5) is 0 Å². The maximum atomic E-state index is 5.93. The number of aromatic nitrogens is 3. The van der Waals surface area contributed by atoms with Crippen molar-refractivity contribution >= 4 is 0 Å². The Kier molecular flexibility index (Phi) is 4.49. The maximum Gasteiger partial charge on any atom is 0.163 e. The second kappa shape index (κ2) is 6.91. The van der Waals surface area contributed by atoms with Crippen LogP contribution in [0.15, 0.2) is 24.5 Å². The standard InChI is InChI=1S/C18H24N4O2/c1-2-22-13-19-20-18(22)17-12-21(8-10-24-17)7-5-14-3-4-16-15(11-14)6-9-23-16/h3-4,11,13,17H,2,5-10,12H2,1H3. The van der Waals surface area contributed by atoms with Gasteiger partial charge in [0.25, 0.3) is 0 Å². The van der Waals surface area contributed by atoms with Crippen molar-refractivity contribution in [2.75, 3.05) is 32.8 Å². The monoisotopic (exact) mass is 328 g/mol. The van der Waals surface area contributed by atoms with Crippen molar-refractivity contribution in [3.8, 4) is 5.75 Å². The molecule has 1 saturated heterocycles. The minimum absolute atomic E-state index is 0.0228. The van der Waals surface area contributed by atoms with Gasteiger partial charge in [0, 0.05) is 32.6 Å². The number of fused-ring (bicyclic) bond motifs is 1. The van der Waals surface area contributed by atoms with Crippen LogP contribution < -0.4 is 4.74 Å². The van der Waals surface area contributed by atoms with Crippen LogP contribution in [0.3, 0.4) is 0 Å². The molecule has 4 rings (SSSR count). The first-order valence-electron chi connectivity index (χ1n) is 8.79. The van der Waals surface area contributed by atoms with Crippen molar-refractivity contribution in [3.05, 3.63) is 41.5 Å². The summed E-state index contributed by atoms with van der Waals surface area (Å²) >= 11 is 0. The van der Waals surface area contributed by atoms with Crippen molar-refractivity contribution in [2.24, 2.45) is 0 Å². The zero-order chi connectivity index (χ0) is 16.4. The lowest BCUT2D eigenvalue weighted by Gasteiger charge is -2.32. The fraction of sp³-hybridized carbons (Fsp3) is 0.556. The van der Waals surface area contributed by atoms with Crippen molar-refractivity contribution in [3.63, 3.8) is 0 Å². The van der Waals surface area contributed by atoms with Gasteiger partial charge in [0.15, 0.2) is 5.82 Å². The minimum Gasteiger partial charge on any atom is -0.493 e. The Labute approximate surface area is 142 Å². The SMILES string of the molecule is CCn1cnnc1C1CN(CCc2ccc3c(c2)CCO3)CCO1. The molecule has 1 aromatic carbocycles. The molecule has 0 radical (unpaired) electrons. The highest BCUT2D eigenvalue weighted by Crippen LogP contribution is 2.26. The fourth-order valence-corrected chi connectivity index (χ4v) is 3.50. The van der Waals surface area contributed by atoms with E-state index in [9.17, 15) is 0 Å². The van der Waals surface area contributed by atoms with Crippen LogP contribution >= 0.6 is 0 Å². The molecule has 2 aliphatic rings. The van der Waals surface area contributed by atoms with Crippen molar-refractivity contribution in [1.29, 1.82) is 0 Å². The Morgan fingerprint density at radius 3 is 3.17 bits per heavy atom. The van der Waals surface area contributed by atoms with Gasteiger partial charge in [-0.3, -0.25) is 4.90 Å². The zero-order valence-corrected chi connectivity index (χ0v) is 14.1. The molecule has 24 heavy (non-hydrogen) atoms. The Balaban J connectivity index is 1.37. The van der Waals surface area contributed by atoms with E-state index in [1.165, 1.54) is 11.1 Å². The van der Waals surface area contributed by atoms with Crippen LogP contribution in [-0.4, -0.2) is 52.5 Å². The smallest absolute Gasteiger partial charge is 0.163 e. The van der Waals surface area contributed by atoms with Crippen LogP contribution in [0, 0.1) is 0 Å². The first-order valence-corrected chi connectivity index (χ1v) is 8.79. The first-order chi connectivity index (χ1) is 11.8. The predicted octanol–water partition coefficient (Wildman–Crippen LogP) is 1.85. The maximum absolute atomic E-state index is 5.93. The predicted molar refractivity (Wildman–Crippen MR) is 90.2 cm³/mol. The molecule has 0 amide bonds. The lowest BCUT2D eigenvalue weighted by molar-refractivity contribution is -0.0356. The van der Waals surface area contributed by atoms with E-state index in [4.69, 9.17) is 9.47 Å². The van der Waals surface area contributed by atoms with Crippen LogP contribution in [0.2, 0.25) is 0 Å². The summed E-state index contributed by atoms with van der Waals surface area (Å²) in [6, 6.07) is 6.60. The molecule has 1 atom stereocenters. The van der Waals surface area contributed by atoms with E-state index >= 15 is 0 Å². The van der Waals surface area contributed by atoms with E-state index in [1.54, 1.807) is 6.33 Å². The van der Waals surface area contributed by atoms with Crippen LogP contribution in [0.25, 0.3) is 0 Å². The van der Waals surface area contributed by atoms with Crippen molar-refractivity contribution < 1.29 is 9.47 Å². The Hall–Kier alpha value is -1.92. The molecule has 0 aliphatic carbocycles. The molecular weight excluding hydrogens is 304 g/mol. The van der Waals surface area contributed by atoms with Gasteiger partial charge in [-0.1, -0.05) is 12.1 Å². The van der Waals surface area contributed by atoms with E-state index in [-0.39, 0.29) is 6.10 Å². The number of rotatable bonds is 5. The molecule has 0 spiro atoms. The molecule has 1 unspecified atom stereocenters. The number of ether oxygens (including phenoxy) is 2. The number of morpholine rings is 1. The molecule has 2 aromatic rings. The van der Waals surface area contributed by atoms with Crippen molar-refractivity contribution in [1.82, 2.24) is 19.7 Å². The lowest BCUT2D eigenvalue weighted by Crippen LogP contribution is -2.40. The molecular formula is C18H24N4O2. The lowest BCUT2D eigenvalue weighted by atomic mass is 10.1. The first kappa shape index (κ1) is 15.6. The third kappa shape index (κ3) is 3.16. The highest BCUT2D eigenvalue weighted by Gasteiger charge is 2.25. The van der Waals surface area contributed by atoms with Gasteiger partial charge in [-0.05, 0) is 30.5 Å². The molecule has 1 fully saturated rings. The number of benzene rings is 1. The van der Waals surface area contributed by atoms with E-state index < -0.39 is 0 Å². The average molecular weight is 328 g/mol. The summed E-state index contributed by atoms with van der Waals surface area (Å²) < 4.78 is 13.6. The molecule has 0 N–H and O–H groups in total. The van der Waals surface area contributed by atoms with Gasteiger partial charge in [-0.15, -0.1) is 10.2 Å². The molecule has 128 valence electrons. The molecule has 6 nitrogen and oxygen atoms in total. The summed E-state index contributed by atoms with van der Waals surface area (Å²) in [5, 5.41) is 8.27. The molecule has 1 aromatic heterocycles. The second-order valence-corrected chi connectivity index (χ2v) is 6.43. The molecule has 0 saturated carbocycles. The summed E-state index contributed by atoms with van der Waals surface area (Å²) in [6.45, 7) is 7.45. The number of hydrogen-bond acceptors (Lipinski definition) is 5.